The molecule has 0 aliphatic rings. The molecule has 0 fully saturated rings. The van der Waals surface area contributed by atoms with Crippen LogP contribution >= 0.6 is 0 Å². The lowest BCUT2D eigenvalue weighted by atomic mass is 10.2. The van der Waals surface area contributed by atoms with Gasteiger partial charge in [0.05, 0.1) is 0 Å². The third-order valence-corrected chi connectivity index (χ3v) is 2.69. The SMILES string of the molecule is CCCCCCNCc1ccc(OC(F)(F)F)cc1. The lowest BCUT2D eigenvalue weighted by Gasteiger charge is -2.09. The largest absolute Gasteiger partial charge is 0.573 e. The Hall–Kier alpha value is -1.23. The number of nitrogens with one attached hydrogen (secondary N) is 1. The van der Waals surface area contributed by atoms with E-state index in [1.165, 1.54) is 31.4 Å². The van der Waals surface area contributed by atoms with Gasteiger partial charge in [-0.2, -0.15) is 0 Å². The van der Waals surface area contributed by atoms with E-state index in [2.05, 4.69) is 17.0 Å². The van der Waals surface area contributed by atoms with Crippen molar-refractivity contribution in [3.05, 3.63) is 29.8 Å². The van der Waals surface area contributed by atoms with Crippen molar-refractivity contribution < 1.29 is 17.9 Å². The van der Waals surface area contributed by atoms with Crippen molar-refractivity contribution >= 4 is 0 Å². The quantitative estimate of drug-likeness (QED) is 0.716. The van der Waals surface area contributed by atoms with E-state index in [0.29, 0.717) is 6.54 Å². The topological polar surface area (TPSA) is 21.3 Å². The molecule has 0 atom stereocenters. The van der Waals surface area contributed by atoms with E-state index in [1.54, 1.807) is 12.1 Å². The molecule has 0 unspecified atom stereocenters. The second-order valence-electron chi connectivity index (χ2n) is 4.43. The summed E-state index contributed by atoms with van der Waals surface area (Å²) in [5, 5.41) is 3.27. The van der Waals surface area contributed by atoms with Gasteiger partial charge in [0.2, 0.25) is 0 Å². The van der Waals surface area contributed by atoms with E-state index in [4.69, 9.17) is 0 Å². The van der Waals surface area contributed by atoms with Crippen molar-refractivity contribution in [1.82, 2.24) is 5.32 Å². The zero-order valence-corrected chi connectivity index (χ0v) is 11.1. The van der Waals surface area contributed by atoms with Gasteiger partial charge in [-0.3, -0.25) is 0 Å². The zero-order valence-electron chi connectivity index (χ0n) is 11.1. The van der Waals surface area contributed by atoms with Crippen LogP contribution in [0.5, 0.6) is 5.75 Å². The van der Waals surface area contributed by atoms with Crippen LogP contribution in [0.4, 0.5) is 13.2 Å². The normalized spacial score (nSPS) is 11.6. The molecule has 0 bridgehead atoms. The third-order valence-electron chi connectivity index (χ3n) is 2.69. The minimum absolute atomic E-state index is 0.181. The Morgan fingerprint density at radius 1 is 1.05 bits per heavy atom. The number of rotatable bonds is 8. The van der Waals surface area contributed by atoms with Crippen LogP contribution in [0.3, 0.4) is 0 Å². The highest BCUT2D eigenvalue weighted by molar-refractivity contribution is 5.27. The van der Waals surface area contributed by atoms with E-state index in [-0.39, 0.29) is 5.75 Å². The Morgan fingerprint density at radius 3 is 2.32 bits per heavy atom. The molecular weight excluding hydrogens is 255 g/mol. The lowest BCUT2D eigenvalue weighted by molar-refractivity contribution is -0.274. The molecule has 0 saturated heterocycles. The van der Waals surface area contributed by atoms with E-state index in [0.717, 1.165) is 18.5 Å². The molecule has 0 aliphatic heterocycles. The number of ether oxygens (including phenoxy) is 1. The molecule has 1 N–H and O–H groups in total. The molecule has 0 aromatic heterocycles. The Labute approximate surface area is 112 Å². The molecule has 0 heterocycles. The monoisotopic (exact) mass is 275 g/mol. The highest BCUT2D eigenvalue weighted by atomic mass is 19.4. The van der Waals surface area contributed by atoms with Crippen LogP contribution in [-0.4, -0.2) is 12.9 Å². The summed E-state index contributed by atoms with van der Waals surface area (Å²) in [6.07, 6.45) is 0.163. The van der Waals surface area contributed by atoms with Crippen molar-refractivity contribution in [2.75, 3.05) is 6.54 Å². The van der Waals surface area contributed by atoms with Gasteiger partial charge in [-0.05, 0) is 30.7 Å². The van der Waals surface area contributed by atoms with Gasteiger partial charge in [-0.15, -0.1) is 13.2 Å². The van der Waals surface area contributed by atoms with Crippen LogP contribution in [0.25, 0.3) is 0 Å². The van der Waals surface area contributed by atoms with Crippen molar-refractivity contribution in [2.24, 2.45) is 0 Å². The summed E-state index contributed by atoms with van der Waals surface area (Å²) in [6, 6.07) is 5.95. The summed E-state index contributed by atoms with van der Waals surface area (Å²) >= 11 is 0. The molecule has 1 aromatic rings. The second-order valence-corrected chi connectivity index (χ2v) is 4.43. The highest BCUT2D eigenvalue weighted by Crippen LogP contribution is 2.22. The average molecular weight is 275 g/mol. The molecule has 0 amide bonds. The Kier molecular flexibility index (Phi) is 6.70. The number of benzene rings is 1. The molecular formula is C14H20F3NO. The smallest absolute Gasteiger partial charge is 0.406 e. The highest BCUT2D eigenvalue weighted by Gasteiger charge is 2.30. The first-order valence-electron chi connectivity index (χ1n) is 6.56. The van der Waals surface area contributed by atoms with Gasteiger partial charge in [0.15, 0.2) is 0 Å². The summed E-state index contributed by atoms with van der Waals surface area (Å²) in [5.41, 5.74) is 0.949. The predicted molar refractivity (Wildman–Crippen MR) is 69.0 cm³/mol. The lowest BCUT2D eigenvalue weighted by Crippen LogP contribution is -2.17. The maximum absolute atomic E-state index is 12.0. The molecule has 0 radical (unpaired) electrons. The summed E-state index contributed by atoms with van der Waals surface area (Å²) in [5.74, 6) is -0.181. The zero-order chi connectivity index (χ0) is 14.1. The number of hydrogen-bond acceptors (Lipinski definition) is 2. The maximum Gasteiger partial charge on any atom is 0.573 e. The number of hydrogen-bond donors (Lipinski definition) is 1. The minimum Gasteiger partial charge on any atom is -0.406 e. The van der Waals surface area contributed by atoms with Crippen LogP contribution in [0, 0.1) is 0 Å². The maximum atomic E-state index is 12.0. The first-order chi connectivity index (χ1) is 9.01. The predicted octanol–water partition coefficient (Wildman–Crippen LogP) is 4.26. The van der Waals surface area contributed by atoms with Crippen LogP contribution in [0.2, 0.25) is 0 Å². The van der Waals surface area contributed by atoms with Gasteiger partial charge in [-0.1, -0.05) is 38.3 Å². The van der Waals surface area contributed by atoms with Crippen molar-refractivity contribution in [3.8, 4) is 5.75 Å². The molecule has 5 heteroatoms. The van der Waals surface area contributed by atoms with Crippen molar-refractivity contribution in [2.45, 2.75) is 45.5 Å². The fourth-order valence-corrected chi connectivity index (χ4v) is 1.72. The molecule has 0 saturated carbocycles. The Bertz CT molecular complexity index is 349. The van der Waals surface area contributed by atoms with Crippen LogP contribution in [-0.2, 0) is 6.54 Å². The number of alkyl halides is 3. The molecule has 1 rings (SSSR count). The van der Waals surface area contributed by atoms with E-state index in [9.17, 15) is 13.2 Å². The standard InChI is InChI=1S/C14H20F3NO/c1-2-3-4-5-10-18-11-12-6-8-13(9-7-12)19-14(15,16)17/h6-9,18H,2-5,10-11H2,1H3. The van der Waals surface area contributed by atoms with Gasteiger partial charge in [0.25, 0.3) is 0 Å². The number of unbranched alkanes of at least 4 members (excludes halogenated alkanes) is 3. The third kappa shape index (κ3) is 7.72. The molecule has 1 aromatic carbocycles. The van der Waals surface area contributed by atoms with Crippen LogP contribution in [0.1, 0.15) is 38.2 Å². The molecule has 2 nitrogen and oxygen atoms in total. The van der Waals surface area contributed by atoms with Gasteiger partial charge in [0, 0.05) is 6.54 Å². The van der Waals surface area contributed by atoms with E-state index < -0.39 is 6.36 Å². The van der Waals surface area contributed by atoms with Crippen molar-refractivity contribution in [3.63, 3.8) is 0 Å². The van der Waals surface area contributed by atoms with E-state index in [1.807, 2.05) is 0 Å². The van der Waals surface area contributed by atoms with Gasteiger partial charge in [-0.25, -0.2) is 0 Å². The summed E-state index contributed by atoms with van der Waals surface area (Å²) in [7, 11) is 0. The van der Waals surface area contributed by atoms with Gasteiger partial charge < -0.3 is 10.1 Å². The van der Waals surface area contributed by atoms with Gasteiger partial charge >= 0.3 is 6.36 Å². The Morgan fingerprint density at radius 2 is 1.74 bits per heavy atom. The fraction of sp³-hybridized carbons (Fsp3) is 0.571. The van der Waals surface area contributed by atoms with E-state index >= 15 is 0 Å². The molecule has 0 spiro atoms. The molecule has 19 heavy (non-hydrogen) atoms. The number of halogens is 3. The summed E-state index contributed by atoms with van der Waals surface area (Å²) < 4.78 is 39.7. The minimum atomic E-state index is -4.63. The van der Waals surface area contributed by atoms with Gasteiger partial charge in [0.1, 0.15) is 5.75 Å². The molecule has 0 aliphatic carbocycles. The fourth-order valence-electron chi connectivity index (χ4n) is 1.72. The molecule has 108 valence electrons. The van der Waals surface area contributed by atoms with Crippen molar-refractivity contribution in [1.29, 1.82) is 0 Å². The summed E-state index contributed by atoms with van der Waals surface area (Å²) in [6.45, 7) is 3.76. The summed E-state index contributed by atoms with van der Waals surface area (Å²) in [4.78, 5) is 0. The first-order valence-corrected chi connectivity index (χ1v) is 6.56. The second kappa shape index (κ2) is 8.04. The Balaban J connectivity index is 2.25. The average Bonchev–Trinajstić information content (AvgIpc) is 2.34. The van der Waals surface area contributed by atoms with Crippen LogP contribution < -0.4 is 10.1 Å². The first kappa shape index (κ1) is 15.8. The van der Waals surface area contributed by atoms with Crippen LogP contribution in [0.15, 0.2) is 24.3 Å².